The van der Waals surface area contributed by atoms with Crippen molar-refractivity contribution in [2.75, 3.05) is 13.6 Å². The summed E-state index contributed by atoms with van der Waals surface area (Å²) in [5.41, 5.74) is 0. The Morgan fingerprint density at radius 1 is 1.28 bits per heavy atom. The average Bonchev–Trinajstić information content (AvgIpc) is 3.20. The van der Waals surface area contributed by atoms with Crippen LogP contribution in [0.15, 0.2) is 41.5 Å². The van der Waals surface area contributed by atoms with Crippen LogP contribution in [-0.4, -0.2) is 29.6 Å². The number of rotatable bonds is 5. The van der Waals surface area contributed by atoms with Crippen molar-refractivity contribution < 1.29 is 5.11 Å². The number of halogens is 1. The molecule has 3 rings (SSSR count). The maximum Gasteiger partial charge on any atom is 0.191 e. The maximum atomic E-state index is 10.4. The Bertz CT molecular complexity index is 813. The van der Waals surface area contributed by atoms with Crippen LogP contribution in [0.1, 0.15) is 20.9 Å². The van der Waals surface area contributed by atoms with E-state index in [-0.39, 0.29) is 24.0 Å². The molecule has 1 unspecified atom stereocenters. The third kappa shape index (κ3) is 5.37. The molecule has 5 nitrogen and oxygen atoms in total. The van der Waals surface area contributed by atoms with E-state index in [1.165, 1.54) is 10.1 Å². The average molecular weight is 488 g/mol. The monoisotopic (exact) mass is 488 g/mol. The second-order valence-corrected chi connectivity index (χ2v) is 7.79. The van der Waals surface area contributed by atoms with Crippen molar-refractivity contribution in [3.8, 4) is 0 Å². The smallest absolute Gasteiger partial charge is 0.191 e. The van der Waals surface area contributed by atoms with Gasteiger partial charge < -0.3 is 15.7 Å². The summed E-state index contributed by atoms with van der Waals surface area (Å²) in [5, 5.41) is 19.0. The Morgan fingerprint density at radius 2 is 2.08 bits per heavy atom. The summed E-state index contributed by atoms with van der Waals surface area (Å²) in [4.78, 5) is 10.5. The minimum atomic E-state index is -0.563. The van der Waals surface area contributed by atoms with E-state index >= 15 is 0 Å². The molecule has 0 aliphatic rings. The third-order valence-electron chi connectivity index (χ3n) is 3.56. The third-order valence-corrected chi connectivity index (χ3v) is 5.69. The molecule has 0 saturated carbocycles. The highest BCUT2D eigenvalue weighted by molar-refractivity contribution is 14.0. The second-order valence-electron chi connectivity index (χ2n) is 5.35. The molecule has 1 atom stereocenters. The largest absolute Gasteiger partial charge is 0.386 e. The number of thiazole rings is 1. The van der Waals surface area contributed by atoms with Gasteiger partial charge in [0, 0.05) is 34.2 Å². The number of hydrogen-bond acceptors (Lipinski definition) is 5. The fourth-order valence-corrected chi connectivity index (χ4v) is 4.12. The Kier molecular flexibility index (Phi) is 7.60. The summed E-state index contributed by atoms with van der Waals surface area (Å²) in [6.45, 7) is 3.07. The van der Waals surface area contributed by atoms with Crippen LogP contribution in [0.3, 0.4) is 0 Å². The van der Waals surface area contributed by atoms with Crippen LogP contribution in [0.4, 0.5) is 0 Å². The zero-order valence-electron chi connectivity index (χ0n) is 14.0. The molecule has 0 spiro atoms. The first kappa shape index (κ1) is 20.1. The minimum Gasteiger partial charge on any atom is -0.386 e. The number of aryl methyl sites for hydroxylation is 1. The standard InChI is InChI=1S/C17H20N4OS2.HI/c1-11-19-8-13(23-11)9-20-17(18-2)21-10-14(22)16-7-12-5-3-4-6-15(12)24-16;/h3-8,14,22H,9-10H2,1-2H3,(H2,18,20,21);1H. The predicted octanol–water partition coefficient (Wildman–Crippen LogP) is 3.68. The molecule has 0 aliphatic carbocycles. The van der Waals surface area contributed by atoms with Gasteiger partial charge in [0.05, 0.1) is 11.6 Å². The first-order valence-electron chi connectivity index (χ1n) is 7.68. The lowest BCUT2D eigenvalue weighted by Crippen LogP contribution is -2.38. The predicted molar refractivity (Wildman–Crippen MR) is 117 cm³/mol. The molecule has 25 heavy (non-hydrogen) atoms. The number of aliphatic hydroxyl groups excluding tert-OH is 1. The Hall–Kier alpha value is -1.23. The highest BCUT2D eigenvalue weighted by Gasteiger charge is 2.12. The van der Waals surface area contributed by atoms with E-state index in [4.69, 9.17) is 0 Å². The lowest BCUT2D eigenvalue weighted by atomic mass is 10.2. The number of benzene rings is 1. The quantitative estimate of drug-likeness (QED) is 0.291. The van der Waals surface area contributed by atoms with E-state index in [1.807, 2.05) is 31.3 Å². The molecular formula is C17H21IN4OS2. The molecule has 8 heteroatoms. The first-order valence-corrected chi connectivity index (χ1v) is 9.31. The van der Waals surface area contributed by atoms with E-state index in [9.17, 15) is 5.11 Å². The number of aliphatic imine (C=N–C) groups is 1. The van der Waals surface area contributed by atoms with Crippen molar-refractivity contribution in [2.45, 2.75) is 19.6 Å². The van der Waals surface area contributed by atoms with Gasteiger partial charge in [0.25, 0.3) is 0 Å². The second kappa shape index (κ2) is 9.46. The van der Waals surface area contributed by atoms with E-state index < -0.39 is 6.10 Å². The van der Waals surface area contributed by atoms with Crippen LogP contribution in [-0.2, 0) is 6.54 Å². The molecule has 0 saturated heterocycles. The number of aromatic nitrogens is 1. The number of nitrogens with one attached hydrogen (secondary N) is 2. The topological polar surface area (TPSA) is 69.5 Å². The van der Waals surface area contributed by atoms with Gasteiger partial charge >= 0.3 is 0 Å². The van der Waals surface area contributed by atoms with Crippen molar-refractivity contribution in [1.82, 2.24) is 15.6 Å². The summed E-state index contributed by atoms with van der Waals surface area (Å²) < 4.78 is 1.19. The van der Waals surface area contributed by atoms with Gasteiger partial charge in [-0.2, -0.15) is 0 Å². The van der Waals surface area contributed by atoms with Crippen LogP contribution in [0.25, 0.3) is 10.1 Å². The summed E-state index contributed by atoms with van der Waals surface area (Å²) >= 11 is 3.28. The number of nitrogens with zero attached hydrogens (tertiary/aromatic N) is 2. The van der Waals surface area contributed by atoms with Gasteiger partial charge in [-0.1, -0.05) is 18.2 Å². The van der Waals surface area contributed by atoms with E-state index in [1.54, 1.807) is 29.7 Å². The van der Waals surface area contributed by atoms with Crippen LogP contribution in [0.2, 0.25) is 0 Å². The normalized spacial score (nSPS) is 12.7. The van der Waals surface area contributed by atoms with Gasteiger partial charge in [0.15, 0.2) is 5.96 Å². The number of fused-ring (bicyclic) bond motifs is 1. The van der Waals surface area contributed by atoms with Gasteiger partial charge in [-0.05, 0) is 24.4 Å². The minimum absolute atomic E-state index is 0. The van der Waals surface area contributed by atoms with Crippen LogP contribution in [0.5, 0.6) is 0 Å². The Labute approximate surface area is 172 Å². The van der Waals surface area contributed by atoms with Gasteiger partial charge in [-0.15, -0.1) is 46.7 Å². The Balaban J connectivity index is 0.00000225. The molecule has 0 bridgehead atoms. The maximum absolute atomic E-state index is 10.4. The zero-order valence-corrected chi connectivity index (χ0v) is 18.0. The number of aliphatic hydroxyl groups is 1. The summed E-state index contributed by atoms with van der Waals surface area (Å²) in [5.74, 6) is 0.668. The van der Waals surface area contributed by atoms with Crippen LogP contribution >= 0.6 is 46.7 Å². The van der Waals surface area contributed by atoms with E-state index in [0.717, 1.165) is 14.8 Å². The van der Waals surface area contributed by atoms with Crippen molar-refractivity contribution in [1.29, 1.82) is 0 Å². The van der Waals surface area contributed by atoms with Gasteiger partial charge in [0.1, 0.15) is 6.10 Å². The zero-order chi connectivity index (χ0) is 16.9. The molecule has 134 valence electrons. The van der Waals surface area contributed by atoms with Crippen LogP contribution < -0.4 is 10.6 Å². The number of guanidine groups is 1. The SMILES string of the molecule is CN=C(NCc1cnc(C)s1)NCC(O)c1cc2ccccc2s1.I. The first-order chi connectivity index (χ1) is 11.7. The van der Waals surface area contributed by atoms with E-state index in [2.05, 4.69) is 32.7 Å². The molecule has 3 N–H and O–H groups in total. The van der Waals surface area contributed by atoms with Gasteiger partial charge in [-0.3, -0.25) is 4.99 Å². The van der Waals surface area contributed by atoms with Crippen LogP contribution in [0, 0.1) is 6.92 Å². The summed E-state index contributed by atoms with van der Waals surface area (Å²) in [6, 6.07) is 10.2. The van der Waals surface area contributed by atoms with Crippen molar-refractivity contribution >= 4 is 62.7 Å². The molecule has 3 aromatic rings. The molecule has 2 heterocycles. The Morgan fingerprint density at radius 3 is 2.76 bits per heavy atom. The molecule has 0 fully saturated rings. The number of thiophene rings is 1. The van der Waals surface area contributed by atoms with Crippen molar-refractivity contribution in [3.05, 3.63) is 51.3 Å². The fraction of sp³-hybridized carbons (Fsp3) is 0.294. The molecule has 0 radical (unpaired) electrons. The summed E-state index contributed by atoms with van der Waals surface area (Å²) in [6.07, 6.45) is 1.30. The molecule has 0 amide bonds. The van der Waals surface area contributed by atoms with Gasteiger partial charge in [0.2, 0.25) is 0 Å². The molecular weight excluding hydrogens is 467 g/mol. The molecule has 1 aromatic carbocycles. The molecule has 0 aliphatic heterocycles. The summed E-state index contributed by atoms with van der Waals surface area (Å²) in [7, 11) is 1.72. The van der Waals surface area contributed by atoms with Crippen molar-refractivity contribution in [3.63, 3.8) is 0 Å². The lowest BCUT2D eigenvalue weighted by Gasteiger charge is -2.14. The highest BCUT2D eigenvalue weighted by Crippen LogP contribution is 2.29. The molecule has 2 aromatic heterocycles. The lowest BCUT2D eigenvalue weighted by molar-refractivity contribution is 0.184. The van der Waals surface area contributed by atoms with Gasteiger partial charge in [-0.25, -0.2) is 4.98 Å². The highest BCUT2D eigenvalue weighted by atomic mass is 127. The van der Waals surface area contributed by atoms with E-state index in [0.29, 0.717) is 19.0 Å². The fourth-order valence-electron chi connectivity index (χ4n) is 2.34. The van der Waals surface area contributed by atoms with Crippen molar-refractivity contribution in [2.24, 2.45) is 4.99 Å². The number of hydrogen-bond donors (Lipinski definition) is 3.